The van der Waals surface area contributed by atoms with E-state index in [0.717, 1.165) is 5.69 Å². The fraction of sp³-hybridized carbons (Fsp3) is 0.235. The van der Waals surface area contributed by atoms with Gasteiger partial charge >= 0.3 is 0 Å². The molecule has 3 heteroatoms. The highest BCUT2D eigenvalue weighted by Crippen LogP contribution is 2.24. The van der Waals surface area contributed by atoms with Gasteiger partial charge in [0.05, 0.1) is 10.6 Å². The molecule has 0 radical (unpaired) electrons. The molecule has 0 fully saturated rings. The Morgan fingerprint density at radius 1 is 1.00 bits per heavy atom. The van der Waals surface area contributed by atoms with Gasteiger partial charge in [0.25, 0.3) is 5.91 Å². The third kappa shape index (κ3) is 3.40. The van der Waals surface area contributed by atoms with Gasteiger partial charge in [-0.1, -0.05) is 56.6 Å². The fourth-order valence-corrected chi connectivity index (χ4v) is 2.12. The lowest BCUT2D eigenvalue weighted by atomic mass is 9.87. The molecule has 2 nitrogen and oxygen atoms in total. The largest absolute Gasteiger partial charge is 0.322 e. The number of amides is 1. The summed E-state index contributed by atoms with van der Waals surface area (Å²) in [7, 11) is 0. The van der Waals surface area contributed by atoms with Crippen LogP contribution in [0.4, 0.5) is 5.69 Å². The van der Waals surface area contributed by atoms with E-state index in [1.165, 1.54) is 5.56 Å². The molecule has 0 aliphatic rings. The van der Waals surface area contributed by atoms with Gasteiger partial charge in [0.1, 0.15) is 0 Å². The molecule has 2 aromatic carbocycles. The van der Waals surface area contributed by atoms with E-state index in [2.05, 4.69) is 26.1 Å². The second kappa shape index (κ2) is 5.68. The maximum Gasteiger partial charge on any atom is 0.257 e. The minimum Gasteiger partial charge on any atom is -0.322 e. The minimum atomic E-state index is -0.195. The molecule has 0 aromatic heterocycles. The van der Waals surface area contributed by atoms with Crippen LogP contribution in [-0.4, -0.2) is 5.91 Å². The molecule has 1 N–H and O–H groups in total. The Balaban J connectivity index is 2.15. The number of anilines is 1. The van der Waals surface area contributed by atoms with Crippen LogP contribution in [-0.2, 0) is 5.41 Å². The molecule has 0 aliphatic carbocycles. The third-order valence-electron chi connectivity index (χ3n) is 3.13. The summed E-state index contributed by atoms with van der Waals surface area (Å²) in [4.78, 5) is 12.1. The molecule has 0 aliphatic heterocycles. The highest BCUT2D eigenvalue weighted by atomic mass is 35.5. The van der Waals surface area contributed by atoms with Gasteiger partial charge in [0.2, 0.25) is 0 Å². The van der Waals surface area contributed by atoms with Crippen LogP contribution < -0.4 is 5.32 Å². The van der Waals surface area contributed by atoms with E-state index in [1.807, 2.05) is 24.3 Å². The highest BCUT2D eigenvalue weighted by molar-refractivity contribution is 6.34. The monoisotopic (exact) mass is 287 g/mol. The van der Waals surface area contributed by atoms with Crippen LogP contribution in [0.25, 0.3) is 0 Å². The molecule has 2 aromatic rings. The second-order valence-electron chi connectivity index (χ2n) is 5.76. The summed E-state index contributed by atoms with van der Waals surface area (Å²) >= 11 is 6.01. The summed E-state index contributed by atoms with van der Waals surface area (Å²) in [6.45, 7) is 6.47. The summed E-state index contributed by atoms with van der Waals surface area (Å²) in [6, 6.07) is 14.9. The molecule has 0 spiro atoms. The van der Waals surface area contributed by atoms with Crippen LogP contribution in [0.2, 0.25) is 5.02 Å². The highest BCUT2D eigenvalue weighted by Gasteiger charge is 2.14. The normalized spacial score (nSPS) is 11.2. The maximum atomic E-state index is 12.1. The number of nitrogens with one attached hydrogen (secondary N) is 1. The number of benzene rings is 2. The molecule has 0 atom stereocenters. The predicted octanol–water partition coefficient (Wildman–Crippen LogP) is 4.89. The Morgan fingerprint density at radius 2 is 1.60 bits per heavy atom. The van der Waals surface area contributed by atoms with E-state index < -0.39 is 0 Å². The van der Waals surface area contributed by atoms with Crippen LogP contribution in [0.5, 0.6) is 0 Å². The first-order chi connectivity index (χ1) is 9.38. The molecule has 1 amide bonds. The van der Waals surface area contributed by atoms with Gasteiger partial charge in [-0.05, 0) is 35.2 Å². The van der Waals surface area contributed by atoms with Gasteiger partial charge < -0.3 is 5.32 Å². The molecular weight excluding hydrogens is 270 g/mol. The van der Waals surface area contributed by atoms with Gasteiger partial charge in [-0.15, -0.1) is 0 Å². The number of halogens is 1. The minimum absolute atomic E-state index is 0.102. The van der Waals surface area contributed by atoms with Gasteiger partial charge in [0, 0.05) is 5.69 Å². The van der Waals surface area contributed by atoms with Crippen molar-refractivity contribution in [3.8, 4) is 0 Å². The average molecular weight is 288 g/mol. The first-order valence-electron chi connectivity index (χ1n) is 6.54. The third-order valence-corrected chi connectivity index (χ3v) is 3.46. The van der Waals surface area contributed by atoms with Gasteiger partial charge in [-0.3, -0.25) is 4.79 Å². The van der Waals surface area contributed by atoms with E-state index in [1.54, 1.807) is 24.3 Å². The Morgan fingerprint density at radius 3 is 2.15 bits per heavy atom. The van der Waals surface area contributed by atoms with Gasteiger partial charge in [-0.25, -0.2) is 0 Å². The van der Waals surface area contributed by atoms with Crippen molar-refractivity contribution in [3.05, 3.63) is 64.7 Å². The SMILES string of the molecule is CC(C)(C)c1ccc(NC(=O)c2ccccc2Cl)cc1. The second-order valence-corrected chi connectivity index (χ2v) is 6.17. The first-order valence-corrected chi connectivity index (χ1v) is 6.92. The zero-order chi connectivity index (χ0) is 14.8. The zero-order valence-electron chi connectivity index (χ0n) is 11.9. The lowest BCUT2D eigenvalue weighted by Crippen LogP contribution is -2.14. The van der Waals surface area contributed by atoms with E-state index in [4.69, 9.17) is 11.6 Å². The van der Waals surface area contributed by atoms with Crippen LogP contribution in [0.1, 0.15) is 36.7 Å². The smallest absolute Gasteiger partial charge is 0.257 e. The average Bonchev–Trinajstić information content (AvgIpc) is 2.38. The number of rotatable bonds is 2. The van der Waals surface area contributed by atoms with Gasteiger partial charge in [-0.2, -0.15) is 0 Å². The summed E-state index contributed by atoms with van der Waals surface area (Å²) < 4.78 is 0. The van der Waals surface area contributed by atoms with Crippen LogP contribution in [0.15, 0.2) is 48.5 Å². The summed E-state index contributed by atoms with van der Waals surface area (Å²) in [5, 5.41) is 3.31. The van der Waals surface area contributed by atoms with Crippen LogP contribution >= 0.6 is 11.6 Å². The van der Waals surface area contributed by atoms with Crippen molar-refractivity contribution in [1.82, 2.24) is 0 Å². The van der Waals surface area contributed by atoms with Crippen molar-refractivity contribution in [2.75, 3.05) is 5.32 Å². The number of hydrogen-bond acceptors (Lipinski definition) is 1. The van der Waals surface area contributed by atoms with Crippen molar-refractivity contribution in [2.45, 2.75) is 26.2 Å². The quantitative estimate of drug-likeness (QED) is 0.837. The van der Waals surface area contributed by atoms with Crippen molar-refractivity contribution in [2.24, 2.45) is 0 Å². The fourth-order valence-electron chi connectivity index (χ4n) is 1.90. The van der Waals surface area contributed by atoms with Crippen molar-refractivity contribution < 1.29 is 4.79 Å². The van der Waals surface area contributed by atoms with Crippen LogP contribution in [0.3, 0.4) is 0 Å². The molecule has 20 heavy (non-hydrogen) atoms. The number of carbonyl (C=O) groups is 1. The zero-order valence-corrected chi connectivity index (χ0v) is 12.7. The first kappa shape index (κ1) is 14.6. The van der Waals surface area contributed by atoms with Crippen LogP contribution in [0, 0.1) is 0 Å². The van der Waals surface area contributed by atoms with E-state index in [-0.39, 0.29) is 11.3 Å². The maximum absolute atomic E-state index is 12.1. The Hall–Kier alpha value is -1.80. The van der Waals surface area contributed by atoms with Crippen molar-refractivity contribution in [3.63, 3.8) is 0 Å². The Kier molecular flexibility index (Phi) is 4.15. The molecule has 0 bridgehead atoms. The van der Waals surface area contributed by atoms with Crippen molar-refractivity contribution >= 4 is 23.2 Å². The lowest BCUT2D eigenvalue weighted by Gasteiger charge is -2.19. The molecule has 0 unspecified atom stereocenters. The number of carbonyl (C=O) groups excluding carboxylic acids is 1. The molecule has 0 saturated heterocycles. The van der Waals surface area contributed by atoms with E-state index in [0.29, 0.717) is 10.6 Å². The van der Waals surface area contributed by atoms with Gasteiger partial charge in [0.15, 0.2) is 0 Å². The molecular formula is C17H18ClNO. The summed E-state index contributed by atoms with van der Waals surface area (Å²) in [6.07, 6.45) is 0. The van der Waals surface area contributed by atoms with E-state index in [9.17, 15) is 4.79 Å². The van der Waals surface area contributed by atoms with Crippen molar-refractivity contribution in [1.29, 1.82) is 0 Å². The molecule has 0 heterocycles. The topological polar surface area (TPSA) is 29.1 Å². The Bertz CT molecular complexity index is 612. The van der Waals surface area contributed by atoms with E-state index >= 15 is 0 Å². The summed E-state index contributed by atoms with van der Waals surface area (Å²) in [5.74, 6) is -0.195. The molecule has 0 saturated carbocycles. The summed E-state index contributed by atoms with van der Waals surface area (Å²) in [5.41, 5.74) is 2.58. The predicted molar refractivity (Wildman–Crippen MR) is 84.5 cm³/mol. The number of hydrogen-bond donors (Lipinski definition) is 1. The molecule has 104 valence electrons. The standard InChI is InChI=1S/C17H18ClNO/c1-17(2,3)12-8-10-13(11-9-12)19-16(20)14-6-4-5-7-15(14)18/h4-11H,1-3H3,(H,19,20). The lowest BCUT2D eigenvalue weighted by molar-refractivity contribution is 0.102. The molecule has 2 rings (SSSR count). The Labute approximate surface area is 124 Å².